The first-order valence-corrected chi connectivity index (χ1v) is 9.20. The minimum Gasteiger partial charge on any atom is -0.457 e. The Balaban J connectivity index is 1.77. The maximum Gasteiger partial charge on any atom is 0.272 e. The number of carbonyl (C=O) groups is 3. The van der Waals surface area contributed by atoms with Crippen LogP contribution in [0.3, 0.4) is 0 Å². The van der Waals surface area contributed by atoms with Crippen LogP contribution >= 0.6 is 11.3 Å². The molecule has 0 saturated heterocycles. The van der Waals surface area contributed by atoms with E-state index in [0.29, 0.717) is 22.1 Å². The summed E-state index contributed by atoms with van der Waals surface area (Å²) in [5.41, 5.74) is 5.06. The third-order valence-electron chi connectivity index (χ3n) is 3.59. The Morgan fingerprint density at radius 1 is 0.821 bits per heavy atom. The number of thiophene rings is 1. The fraction of sp³-hybridized carbons (Fsp3) is 0.0500. The quantitative estimate of drug-likeness (QED) is 0.576. The van der Waals surface area contributed by atoms with Gasteiger partial charge in [-0.25, -0.2) is 0 Å². The van der Waals surface area contributed by atoms with Crippen molar-refractivity contribution < 1.29 is 19.1 Å². The van der Waals surface area contributed by atoms with Crippen LogP contribution in [0.15, 0.2) is 66.0 Å². The standard InChI is InChI=1S/C20H17N3O4S/c1-13(24)22-23-19(26)16-11-12-28-20(16)21-18(25)15-9-5-6-10-17(15)27-14-7-3-2-4-8-14/h2-12H,1H3,(H,21,25)(H,22,24)(H,23,26). The second-order valence-electron chi connectivity index (χ2n) is 5.66. The van der Waals surface area contributed by atoms with Crippen molar-refractivity contribution in [1.29, 1.82) is 0 Å². The van der Waals surface area contributed by atoms with Crippen molar-refractivity contribution in [2.45, 2.75) is 6.92 Å². The highest BCUT2D eigenvalue weighted by atomic mass is 32.1. The van der Waals surface area contributed by atoms with Crippen LogP contribution in [0.5, 0.6) is 11.5 Å². The van der Waals surface area contributed by atoms with Crippen molar-refractivity contribution in [3.63, 3.8) is 0 Å². The molecule has 0 spiro atoms. The van der Waals surface area contributed by atoms with Gasteiger partial charge in [-0.1, -0.05) is 30.3 Å². The van der Waals surface area contributed by atoms with Gasteiger partial charge in [-0.2, -0.15) is 0 Å². The number of ether oxygens (including phenoxy) is 1. The van der Waals surface area contributed by atoms with E-state index in [1.165, 1.54) is 18.3 Å². The molecule has 1 heterocycles. The van der Waals surface area contributed by atoms with E-state index in [1.54, 1.807) is 47.8 Å². The molecule has 0 aliphatic carbocycles. The average molecular weight is 395 g/mol. The summed E-state index contributed by atoms with van der Waals surface area (Å²) in [6, 6.07) is 17.5. The smallest absolute Gasteiger partial charge is 0.272 e. The lowest BCUT2D eigenvalue weighted by molar-refractivity contribution is -0.119. The Kier molecular flexibility index (Phi) is 6.03. The van der Waals surface area contributed by atoms with Gasteiger partial charge in [-0.3, -0.25) is 25.2 Å². The normalized spacial score (nSPS) is 10.0. The number of para-hydroxylation sites is 2. The van der Waals surface area contributed by atoms with Crippen LogP contribution in [0.25, 0.3) is 0 Å². The van der Waals surface area contributed by atoms with Crippen molar-refractivity contribution >= 4 is 34.1 Å². The summed E-state index contributed by atoms with van der Waals surface area (Å²) in [7, 11) is 0. The predicted octanol–water partition coefficient (Wildman–Crippen LogP) is 3.57. The van der Waals surface area contributed by atoms with Crippen LogP contribution in [0, 0.1) is 0 Å². The lowest BCUT2D eigenvalue weighted by Crippen LogP contribution is -2.40. The van der Waals surface area contributed by atoms with E-state index in [0.717, 1.165) is 0 Å². The molecule has 0 bridgehead atoms. The Morgan fingerprint density at radius 2 is 1.54 bits per heavy atom. The molecule has 142 valence electrons. The third-order valence-corrected chi connectivity index (χ3v) is 4.42. The summed E-state index contributed by atoms with van der Waals surface area (Å²) in [5.74, 6) is -0.342. The fourth-order valence-corrected chi connectivity index (χ4v) is 3.11. The molecule has 3 N–H and O–H groups in total. The number of hydrogen-bond donors (Lipinski definition) is 3. The lowest BCUT2D eigenvalue weighted by Gasteiger charge is -2.12. The molecule has 7 nitrogen and oxygen atoms in total. The topological polar surface area (TPSA) is 96.5 Å². The van der Waals surface area contributed by atoms with Crippen molar-refractivity contribution in [2.75, 3.05) is 5.32 Å². The number of rotatable bonds is 5. The average Bonchev–Trinajstić information content (AvgIpc) is 3.15. The minimum absolute atomic E-state index is 0.244. The molecule has 0 unspecified atom stereocenters. The molecule has 0 saturated carbocycles. The van der Waals surface area contributed by atoms with Crippen molar-refractivity contribution in [2.24, 2.45) is 0 Å². The van der Waals surface area contributed by atoms with E-state index < -0.39 is 17.7 Å². The second-order valence-corrected chi connectivity index (χ2v) is 6.58. The van der Waals surface area contributed by atoms with Gasteiger partial charge in [0.1, 0.15) is 16.5 Å². The van der Waals surface area contributed by atoms with E-state index in [2.05, 4.69) is 16.2 Å². The van der Waals surface area contributed by atoms with Crippen LogP contribution in [0.2, 0.25) is 0 Å². The Bertz CT molecular complexity index is 1000. The molecule has 3 aromatic rings. The largest absolute Gasteiger partial charge is 0.457 e. The highest BCUT2D eigenvalue weighted by Gasteiger charge is 2.18. The molecule has 2 aromatic carbocycles. The summed E-state index contributed by atoms with van der Waals surface area (Å²) in [6.45, 7) is 1.28. The monoisotopic (exact) mass is 395 g/mol. The maximum absolute atomic E-state index is 12.8. The van der Waals surface area contributed by atoms with Crippen molar-refractivity contribution in [1.82, 2.24) is 10.9 Å². The molecule has 28 heavy (non-hydrogen) atoms. The first-order chi connectivity index (χ1) is 13.5. The van der Waals surface area contributed by atoms with Crippen molar-refractivity contribution in [3.8, 4) is 11.5 Å². The van der Waals surface area contributed by atoms with Gasteiger partial charge >= 0.3 is 0 Å². The van der Waals surface area contributed by atoms with Gasteiger partial charge in [0.2, 0.25) is 5.91 Å². The summed E-state index contributed by atoms with van der Waals surface area (Å²) in [5, 5.41) is 4.76. The number of anilines is 1. The van der Waals surface area contributed by atoms with E-state index in [-0.39, 0.29) is 5.56 Å². The van der Waals surface area contributed by atoms with Gasteiger partial charge in [0, 0.05) is 6.92 Å². The van der Waals surface area contributed by atoms with Gasteiger partial charge in [-0.15, -0.1) is 11.3 Å². The van der Waals surface area contributed by atoms with Gasteiger partial charge in [0.05, 0.1) is 11.1 Å². The molecule has 0 fully saturated rings. The zero-order chi connectivity index (χ0) is 19.9. The molecule has 0 aliphatic rings. The van der Waals surface area contributed by atoms with Crippen LogP contribution < -0.4 is 20.9 Å². The molecule has 3 rings (SSSR count). The molecule has 0 aliphatic heterocycles. The molecule has 3 amide bonds. The second kappa shape index (κ2) is 8.83. The molecular weight excluding hydrogens is 378 g/mol. The van der Waals surface area contributed by atoms with E-state index >= 15 is 0 Å². The number of amides is 3. The van der Waals surface area contributed by atoms with Crippen LogP contribution in [-0.2, 0) is 4.79 Å². The molecule has 0 atom stereocenters. The first kappa shape index (κ1) is 19.1. The Hall–Kier alpha value is -3.65. The molecule has 0 radical (unpaired) electrons. The van der Waals surface area contributed by atoms with Crippen LogP contribution in [0.1, 0.15) is 27.6 Å². The first-order valence-electron chi connectivity index (χ1n) is 8.32. The third kappa shape index (κ3) is 4.74. The van der Waals surface area contributed by atoms with E-state index in [4.69, 9.17) is 4.74 Å². The van der Waals surface area contributed by atoms with E-state index in [1.807, 2.05) is 18.2 Å². The predicted molar refractivity (Wildman–Crippen MR) is 107 cm³/mol. The summed E-state index contributed by atoms with van der Waals surface area (Å²) in [6.07, 6.45) is 0. The Labute approximate surface area is 165 Å². The number of nitrogens with one attached hydrogen (secondary N) is 3. The summed E-state index contributed by atoms with van der Waals surface area (Å²) < 4.78 is 5.81. The van der Waals surface area contributed by atoms with Gasteiger partial charge in [0.25, 0.3) is 11.8 Å². The highest BCUT2D eigenvalue weighted by Crippen LogP contribution is 2.28. The zero-order valence-corrected chi connectivity index (χ0v) is 15.7. The maximum atomic E-state index is 12.8. The zero-order valence-electron chi connectivity index (χ0n) is 14.9. The number of hydrogen-bond acceptors (Lipinski definition) is 5. The fourth-order valence-electron chi connectivity index (χ4n) is 2.33. The van der Waals surface area contributed by atoms with Gasteiger partial charge < -0.3 is 10.1 Å². The number of hydrazine groups is 1. The summed E-state index contributed by atoms with van der Waals surface area (Å²) in [4.78, 5) is 35.9. The van der Waals surface area contributed by atoms with Gasteiger partial charge in [0.15, 0.2) is 0 Å². The SMILES string of the molecule is CC(=O)NNC(=O)c1ccsc1NC(=O)c1ccccc1Oc1ccccc1. The number of carbonyl (C=O) groups excluding carboxylic acids is 3. The lowest BCUT2D eigenvalue weighted by atomic mass is 10.2. The molecule has 8 heteroatoms. The van der Waals surface area contributed by atoms with Gasteiger partial charge in [-0.05, 0) is 35.7 Å². The minimum atomic E-state index is -0.527. The Morgan fingerprint density at radius 3 is 2.29 bits per heavy atom. The molecule has 1 aromatic heterocycles. The van der Waals surface area contributed by atoms with E-state index in [9.17, 15) is 14.4 Å². The van der Waals surface area contributed by atoms with Crippen LogP contribution in [0.4, 0.5) is 5.00 Å². The highest BCUT2D eigenvalue weighted by molar-refractivity contribution is 7.14. The number of benzene rings is 2. The summed E-state index contributed by atoms with van der Waals surface area (Å²) >= 11 is 1.20. The van der Waals surface area contributed by atoms with Crippen molar-refractivity contribution in [3.05, 3.63) is 77.2 Å². The van der Waals surface area contributed by atoms with Crippen LogP contribution in [-0.4, -0.2) is 17.7 Å². The molecular formula is C20H17N3O4S.